The molecule has 0 bridgehead atoms. The Balaban J connectivity index is 1.61. The van der Waals surface area contributed by atoms with Crippen LogP contribution in [0.15, 0.2) is 68.8 Å². The Hall–Kier alpha value is -3.06. The topological polar surface area (TPSA) is 91.0 Å². The standard InChI is InChI=1S/C24H20BrNO5/c25-15-7-10-18-14(11-15)12-19(31-18)22(28)20-21(13-5-8-17(27)9-6-13)26(24(30)23(20)29)16-3-1-2-4-16/h5-12,16,21,27,29H,1-4H2. The van der Waals surface area contributed by atoms with Crippen LogP contribution in [-0.2, 0) is 4.79 Å². The van der Waals surface area contributed by atoms with Crippen molar-refractivity contribution in [3.05, 3.63) is 75.7 Å². The lowest BCUT2D eigenvalue weighted by molar-refractivity contribution is -0.131. The lowest BCUT2D eigenvalue weighted by Gasteiger charge is -2.32. The third-order valence-corrected chi connectivity index (χ3v) is 6.61. The minimum absolute atomic E-state index is 0.0145. The quantitative estimate of drug-likeness (QED) is 0.485. The number of furan rings is 1. The van der Waals surface area contributed by atoms with Crippen LogP contribution in [0.3, 0.4) is 0 Å². The molecule has 1 aliphatic heterocycles. The smallest absolute Gasteiger partial charge is 0.290 e. The highest BCUT2D eigenvalue weighted by molar-refractivity contribution is 9.10. The number of nitrogens with zero attached hydrogens (tertiary/aromatic N) is 1. The lowest BCUT2D eigenvalue weighted by Crippen LogP contribution is -2.38. The van der Waals surface area contributed by atoms with E-state index in [1.807, 2.05) is 12.1 Å². The minimum atomic E-state index is -0.733. The van der Waals surface area contributed by atoms with E-state index in [2.05, 4.69) is 15.9 Å². The van der Waals surface area contributed by atoms with E-state index in [4.69, 9.17) is 4.42 Å². The van der Waals surface area contributed by atoms with Crippen LogP contribution in [0.5, 0.6) is 5.75 Å². The molecule has 1 atom stereocenters. The molecular formula is C24H20BrNO5. The van der Waals surface area contributed by atoms with E-state index in [1.54, 1.807) is 29.2 Å². The number of rotatable bonds is 4. The fourth-order valence-corrected chi connectivity index (χ4v) is 5.04. The van der Waals surface area contributed by atoms with Gasteiger partial charge in [-0.3, -0.25) is 9.59 Å². The van der Waals surface area contributed by atoms with Crippen LogP contribution in [0.1, 0.15) is 47.8 Å². The van der Waals surface area contributed by atoms with Crippen molar-refractivity contribution < 1.29 is 24.2 Å². The zero-order chi connectivity index (χ0) is 21.7. The van der Waals surface area contributed by atoms with Crippen LogP contribution in [-0.4, -0.2) is 32.8 Å². The van der Waals surface area contributed by atoms with E-state index >= 15 is 0 Å². The van der Waals surface area contributed by atoms with Crippen LogP contribution in [0.4, 0.5) is 0 Å². The Morgan fingerprint density at radius 1 is 1.03 bits per heavy atom. The van der Waals surface area contributed by atoms with E-state index in [1.165, 1.54) is 12.1 Å². The summed E-state index contributed by atoms with van der Waals surface area (Å²) < 4.78 is 6.61. The van der Waals surface area contributed by atoms with Gasteiger partial charge in [0.15, 0.2) is 11.5 Å². The molecule has 5 rings (SSSR count). The third-order valence-electron chi connectivity index (χ3n) is 6.12. The van der Waals surface area contributed by atoms with Gasteiger partial charge < -0.3 is 19.5 Å². The molecular weight excluding hydrogens is 462 g/mol. The second kappa shape index (κ2) is 7.57. The van der Waals surface area contributed by atoms with E-state index in [0.29, 0.717) is 11.1 Å². The zero-order valence-corrected chi connectivity index (χ0v) is 18.1. The molecule has 1 saturated carbocycles. The number of aliphatic hydroxyl groups excluding tert-OH is 1. The molecule has 2 heterocycles. The molecule has 6 nitrogen and oxygen atoms in total. The van der Waals surface area contributed by atoms with Gasteiger partial charge in [-0.15, -0.1) is 0 Å². The Labute approximate surface area is 186 Å². The molecule has 1 aromatic heterocycles. The van der Waals surface area contributed by atoms with Gasteiger partial charge in [-0.05, 0) is 54.8 Å². The number of hydrogen-bond acceptors (Lipinski definition) is 5. The van der Waals surface area contributed by atoms with E-state index in [-0.39, 0.29) is 23.1 Å². The zero-order valence-electron chi connectivity index (χ0n) is 16.5. The summed E-state index contributed by atoms with van der Waals surface area (Å²) in [4.78, 5) is 28.2. The van der Waals surface area contributed by atoms with Gasteiger partial charge in [-0.25, -0.2) is 0 Å². The third kappa shape index (κ3) is 3.33. The average molecular weight is 482 g/mol. The molecule has 0 spiro atoms. The van der Waals surface area contributed by atoms with Crippen LogP contribution < -0.4 is 0 Å². The Morgan fingerprint density at radius 3 is 2.45 bits per heavy atom. The van der Waals surface area contributed by atoms with Crippen molar-refractivity contribution >= 4 is 38.6 Å². The highest BCUT2D eigenvalue weighted by Crippen LogP contribution is 2.43. The highest BCUT2D eigenvalue weighted by Gasteiger charge is 2.47. The molecule has 7 heteroatoms. The number of benzene rings is 2. The van der Waals surface area contributed by atoms with Crippen molar-refractivity contribution in [3.63, 3.8) is 0 Å². The van der Waals surface area contributed by atoms with Crippen molar-refractivity contribution in [1.29, 1.82) is 0 Å². The molecule has 158 valence electrons. The number of fused-ring (bicyclic) bond motifs is 1. The van der Waals surface area contributed by atoms with Gasteiger partial charge in [0.25, 0.3) is 5.91 Å². The summed E-state index contributed by atoms with van der Waals surface area (Å²) in [5.41, 5.74) is 1.22. The Bertz CT molecular complexity index is 1220. The number of Topliss-reactive ketones (excluding diaryl/α,β-unsaturated/α-hetero) is 1. The molecule has 31 heavy (non-hydrogen) atoms. The maximum Gasteiger partial charge on any atom is 0.290 e. The molecule has 1 unspecified atom stereocenters. The second-order valence-corrected chi connectivity index (χ2v) is 8.94. The first-order chi connectivity index (χ1) is 14.9. The summed E-state index contributed by atoms with van der Waals surface area (Å²) in [7, 11) is 0. The summed E-state index contributed by atoms with van der Waals surface area (Å²) in [6, 6.07) is 12.6. The first-order valence-electron chi connectivity index (χ1n) is 10.2. The van der Waals surface area contributed by atoms with Gasteiger partial charge in [0, 0.05) is 15.9 Å². The predicted octanol–water partition coefficient (Wildman–Crippen LogP) is 5.42. The summed E-state index contributed by atoms with van der Waals surface area (Å²) in [6.45, 7) is 0. The van der Waals surface area contributed by atoms with E-state index < -0.39 is 23.5 Å². The van der Waals surface area contributed by atoms with Gasteiger partial charge in [0.2, 0.25) is 5.78 Å². The molecule has 1 fully saturated rings. The van der Waals surface area contributed by atoms with Crippen LogP contribution >= 0.6 is 15.9 Å². The number of amides is 1. The maximum atomic E-state index is 13.5. The summed E-state index contributed by atoms with van der Waals surface area (Å²) in [5, 5.41) is 21.2. The Kier molecular flexibility index (Phi) is 4.85. The van der Waals surface area contributed by atoms with Crippen LogP contribution in [0.25, 0.3) is 11.0 Å². The van der Waals surface area contributed by atoms with Crippen molar-refractivity contribution in [2.24, 2.45) is 0 Å². The number of hydrogen-bond donors (Lipinski definition) is 2. The summed E-state index contributed by atoms with van der Waals surface area (Å²) in [6.07, 6.45) is 3.65. The van der Waals surface area contributed by atoms with Gasteiger partial charge in [-0.1, -0.05) is 40.9 Å². The number of phenols is 1. The SMILES string of the molecule is O=C(C1=C(O)C(=O)N(C2CCCC2)C1c1ccc(O)cc1)c1cc2cc(Br)ccc2o1. The number of carbonyl (C=O) groups excluding carboxylic acids is 2. The number of aliphatic hydroxyl groups is 1. The van der Waals surface area contributed by atoms with Gasteiger partial charge in [-0.2, -0.15) is 0 Å². The number of halogens is 1. The van der Waals surface area contributed by atoms with Crippen molar-refractivity contribution in [2.75, 3.05) is 0 Å². The van der Waals surface area contributed by atoms with Crippen LogP contribution in [0.2, 0.25) is 0 Å². The van der Waals surface area contributed by atoms with E-state index in [9.17, 15) is 19.8 Å². The van der Waals surface area contributed by atoms with Gasteiger partial charge in [0.1, 0.15) is 11.3 Å². The normalized spacial score (nSPS) is 19.7. The van der Waals surface area contributed by atoms with Gasteiger partial charge >= 0.3 is 0 Å². The number of aromatic hydroxyl groups is 1. The molecule has 3 aromatic rings. The fraction of sp³-hybridized carbons (Fsp3) is 0.250. The average Bonchev–Trinajstić information content (AvgIpc) is 3.47. The molecule has 2 N–H and O–H groups in total. The number of carbonyl (C=O) groups is 2. The first-order valence-corrected chi connectivity index (χ1v) is 11.0. The number of ketones is 1. The van der Waals surface area contributed by atoms with Gasteiger partial charge in [0.05, 0.1) is 11.6 Å². The predicted molar refractivity (Wildman–Crippen MR) is 118 cm³/mol. The second-order valence-electron chi connectivity index (χ2n) is 8.03. The molecule has 0 saturated heterocycles. The molecule has 1 amide bonds. The van der Waals surface area contributed by atoms with E-state index in [0.717, 1.165) is 35.5 Å². The largest absolute Gasteiger partial charge is 0.508 e. The lowest BCUT2D eigenvalue weighted by atomic mass is 9.94. The Morgan fingerprint density at radius 2 is 1.74 bits per heavy atom. The highest BCUT2D eigenvalue weighted by atomic mass is 79.9. The monoisotopic (exact) mass is 481 g/mol. The minimum Gasteiger partial charge on any atom is -0.508 e. The molecule has 2 aromatic carbocycles. The van der Waals surface area contributed by atoms with Crippen molar-refractivity contribution in [3.8, 4) is 5.75 Å². The van der Waals surface area contributed by atoms with Crippen molar-refractivity contribution in [2.45, 2.75) is 37.8 Å². The molecule has 2 aliphatic rings. The number of phenolic OH excluding ortho intramolecular Hbond substituents is 1. The molecule has 0 radical (unpaired) electrons. The van der Waals surface area contributed by atoms with Crippen LogP contribution in [0, 0.1) is 0 Å². The maximum absolute atomic E-state index is 13.5. The first kappa shape index (κ1) is 19.9. The summed E-state index contributed by atoms with van der Waals surface area (Å²) >= 11 is 3.41. The summed E-state index contributed by atoms with van der Waals surface area (Å²) in [5.74, 6) is -1.43. The molecule has 1 aliphatic carbocycles. The fourth-order valence-electron chi connectivity index (χ4n) is 4.66. The van der Waals surface area contributed by atoms with Crippen molar-refractivity contribution in [1.82, 2.24) is 4.90 Å².